The van der Waals surface area contributed by atoms with Gasteiger partial charge in [-0.2, -0.15) is 0 Å². The molecular weight excluding hydrogens is 508 g/mol. The van der Waals surface area contributed by atoms with Crippen molar-refractivity contribution in [3.8, 4) is 22.6 Å². The number of imide groups is 1. The fourth-order valence-electron chi connectivity index (χ4n) is 5.59. The summed E-state index contributed by atoms with van der Waals surface area (Å²) >= 11 is 1.20. The van der Waals surface area contributed by atoms with Crippen LogP contribution in [0.3, 0.4) is 0 Å². The molecule has 0 radical (unpaired) electrons. The largest absolute Gasteiger partial charge is 0.493 e. The number of carbonyl (C=O) groups excluding carboxylic acids is 4. The van der Waals surface area contributed by atoms with Crippen LogP contribution < -0.4 is 14.8 Å². The standard InChI is InChI=1S/C28H34N2O7S/c1-7-37-25(33)22-17(16-8-9-19(35-5)20(14-16)36-6)15-38-23(22)29-21(31)11-13-30-24(32)18-10-12-28(4,26(30)34)27(18,2)3/h8-9,14-15,18H,7,10-13H2,1-6H3,(H,29,31). The number of anilines is 1. The molecule has 38 heavy (non-hydrogen) atoms. The predicted molar refractivity (Wildman–Crippen MR) is 143 cm³/mol. The quantitative estimate of drug-likeness (QED) is 0.360. The van der Waals surface area contributed by atoms with Crippen LogP contribution in [0, 0.1) is 16.7 Å². The van der Waals surface area contributed by atoms with Gasteiger partial charge in [0.15, 0.2) is 11.5 Å². The summed E-state index contributed by atoms with van der Waals surface area (Å²) in [6, 6.07) is 5.28. The number of nitrogens with one attached hydrogen (secondary N) is 1. The topological polar surface area (TPSA) is 111 Å². The van der Waals surface area contributed by atoms with E-state index in [9.17, 15) is 19.2 Å². The molecule has 1 aromatic heterocycles. The number of methoxy groups -OCH3 is 2. The fraction of sp³-hybridized carbons (Fsp3) is 0.500. The molecule has 2 aromatic rings. The molecule has 1 aliphatic carbocycles. The smallest absolute Gasteiger partial charge is 0.341 e. The van der Waals surface area contributed by atoms with Crippen LogP contribution in [0.2, 0.25) is 0 Å². The van der Waals surface area contributed by atoms with E-state index < -0.39 is 22.7 Å². The molecule has 2 bridgehead atoms. The molecule has 2 unspecified atom stereocenters. The molecule has 1 N–H and O–H groups in total. The van der Waals surface area contributed by atoms with E-state index in [1.54, 1.807) is 30.5 Å². The molecule has 10 heteroatoms. The van der Waals surface area contributed by atoms with Gasteiger partial charge in [0.05, 0.1) is 26.2 Å². The van der Waals surface area contributed by atoms with E-state index in [2.05, 4.69) is 5.32 Å². The summed E-state index contributed by atoms with van der Waals surface area (Å²) in [7, 11) is 3.06. The number of hydrogen-bond donors (Lipinski definition) is 1. The van der Waals surface area contributed by atoms with Crippen LogP contribution in [0.5, 0.6) is 11.5 Å². The highest BCUT2D eigenvalue weighted by Gasteiger charge is 2.64. The van der Waals surface area contributed by atoms with Crippen molar-refractivity contribution in [3.05, 3.63) is 29.1 Å². The van der Waals surface area contributed by atoms with Crippen molar-refractivity contribution in [2.45, 2.75) is 47.0 Å². The van der Waals surface area contributed by atoms with Gasteiger partial charge in [-0.1, -0.05) is 26.8 Å². The third kappa shape index (κ3) is 4.44. The highest BCUT2D eigenvalue weighted by atomic mass is 32.1. The Bertz CT molecular complexity index is 1280. The lowest BCUT2D eigenvalue weighted by Gasteiger charge is -2.47. The Balaban J connectivity index is 1.54. The van der Waals surface area contributed by atoms with Crippen LogP contribution in [0.25, 0.3) is 11.1 Å². The van der Waals surface area contributed by atoms with E-state index in [-0.39, 0.29) is 42.9 Å². The Kier molecular flexibility index (Phi) is 7.56. The zero-order chi connectivity index (χ0) is 27.8. The summed E-state index contributed by atoms with van der Waals surface area (Å²) < 4.78 is 16.0. The highest BCUT2D eigenvalue weighted by molar-refractivity contribution is 7.15. The van der Waals surface area contributed by atoms with Gasteiger partial charge in [-0.25, -0.2) is 4.79 Å². The van der Waals surface area contributed by atoms with Crippen molar-refractivity contribution < 1.29 is 33.4 Å². The van der Waals surface area contributed by atoms with Gasteiger partial charge in [-0.3, -0.25) is 19.3 Å². The number of esters is 1. The number of nitrogens with zero attached hydrogens (tertiary/aromatic N) is 1. The van der Waals surface area contributed by atoms with Gasteiger partial charge < -0.3 is 19.5 Å². The average Bonchev–Trinajstić information content (AvgIpc) is 3.38. The number of thiophene rings is 1. The molecule has 2 aliphatic rings. The lowest BCUT2D eigenvalue weighted by molar-refractivity contribution is -0.167. The number of carbonyl (C=O) groups is 4. The van der Waals surface area contributed by atoms with E-state index in [0.717, 1.165) is 0 Å². The summed E-state index contributed by atoms with van der Waals surface area (Å²) in [4.78, 5) is 53.5. The zero-order valence-electron chi connectivity index (χ0n) is 22.6. The Morgan fingerprint density at radius 3 is 2.50 bits per heavy atom. The number of hydrogen-bond acceptors (Lipinski definition) is 8. The van der Waals surface area contributed by atoms with Crippen molar-refractivity contribution in [1.82, 2.24) is 4.90 Å². The van der Waals surface area contributed by atoms with Crippen LogP contribution in [-0.2, 0) is 19.1 Å². The minimum atomic E-state index is -0.624. The number of rotatable bonds is 9. The van der Waals surface area contributed by atoms with Gasteiger partial charge in [0, 0.05) is 29.8 Å². The fourth-order valence-corrected chi connectivity index (χ4v) is 6.56. The Hall–Kier alpha value is -3.40. The lowest BCUT2D eigenvalue weighted by atomic mass is 9.62. The van der Waals surface area contributed by atoms with Crippen LogP contribution in [0.4, 0.5) is 5.00 Å². The predicted octanol–water partition coefficient (Wildman–Crippen LogP) is 4.75. The summed E-state index contributed by atoms with van der Waals surface area (Å²) in [5.74, 6) is -0.579. The molecule has 1 aromatic carbocycles. The summed E-state index contributed by atoms with van der Waals surface area (Å²) in [5, 5.41) is 4.90. The zero-order valence-corrected chi connectivity index (χ0v) is 23.5. The van der Waals surface area contributed by atoms with Crippen LogP contribution in [0.1, 0.15) is 57.3 Å². The number of amides is 3. The summed E-state index contributed by atoms with van der Waals surface area (Å²) in [5.41, 5.74) is 0.471. The molecule has 0 spiro atoms. The number of piperidine rings is 1. The van der Waals surface area contributed by atoms with Gasteiger partial charge in [0.1, 0.15) is 10.6 Å². The first kappa shape index (κ1) is 27.6. The second-order valence-electron chi connectivity index (χ2n) is 10.4. The molecule has 2 atom stereocenters. The highest BCUT2D eigenvalue weighted by Crippen LogP contribution is 2.60. The van der Waals surface area contributed by atoms with Gasteiger partial charge in [0.2, 0.25) is 17.7 Å². The van der Waals surface area contributed by atoms with Gasteiger partial charge in [-0.15, -0.1) is 11.3 Å². The number of benzene rings is 1. The van der Waals surface area contributed by atoms with Crippen molar-refractivity contribution >= 4 is 40.0 Å². The second-order valence-corrected chi connectivity index (χ2v) is 11.3. The minimum Gasteiger partial charge on any atom is -0.493 e. The maximum absolute atomic E-state index is 13.3. The van der Waals surface area contributed by atoms with E-state index in [1.165, 1.54) is 30.5 Å². The van der Waals surface area contributed by atoms with Crippen LogP contribution in [-0.4, -0.2) is 56.0 Å². The monoisotopic (exact) mass is 542 g/mol. The Morgan fingerprint density at radius 2 is 1.84 bits per heavy atom. The Morgan fingerprint density at radius 1 is 1.13 bits per heavy atom. The first-order valence-electron chi connectivity index (χ1n) is 12.7. The first-order valence-corrected chi connectivity index (χ1v) is 13.5. The molecule has 1 saturated carbocycles. The van der Waals surface area contributed by atoms with Crippen molar-refractivity contribution in [3.63, 3.8) is 0 Å². The average molecular weight is 543 g/mol. The van der Waals surface area contributed by atoms with Crippen molar-refractivity contribution in [2.24, 2.45) is 16.7 Å². The van der Waals surface area contributed by atoms with Gasteiger partial charge >= 0.3 is 5.97 Å². The summed E-state index contributed by atoms with van der Waals surface area (Å²) in [6.07, 6.45) is 1.26. The molecule has 1 aliphatic heterocycles. The van der Waals surface area contributed by atoms with E-state index >= 15 is 0 Å². The lowest BCUT2D eigenvalue weighted by Crippen LogP contribution is -2.59. The number of fused-ring (bicyclic) bond motifs is 2. The van der Waals surface area contributed by atoms with Crippen molar-refractivity contribution in [1.29, 1.82) is 0 Å². The van der Waals surface area contributed by atoms with E-state index in [1.807, 2.05) is 20.8 Å². The van der Waals surface area contributed by atoms with Crippen molar-refractivity contribution in [2.75, 3.05) is 32.7 Å². The molecular formula is C28H34N2O7S. The normalized spacial score (nSPS) is 21.8. The number of likely N-dealkylation sites (tertiary alicyclic amines) is 1. The van der Waals surface area contributed by atoms with E-state index in [4.69, 9.17) is 14.2 Å². The third-order valence-corrected chi connectivity index (χ3v) is 9.18. The maximum Gasteiger partial charge on any atom is 0.341 e. The van der Waals surface area contributed by atoms with Gasteiger partial charge in [-0.05, 0) is 42.9 Å². The summed E-state index contributed by atoms with van der Waals surface area (Å²) in [6.45, 7) is 7.75. The van der Waals surface area contributed by atoms with E-state index in [0.29, 0.717) is 40.5 Å². The molecule has 1 saturated heterocycles. The van der Waals surface area contributed by atoms with Gasteiger partial charge in [0.25, 0.3) is 0 Å². The molecule has 2 heterocycles. The molecule has 3 amide bonds. The molecule has 4 rings (SSSR count). The second kappa shape index (κ2) is 10.4. The molecule has 2 fully saturated rings. The van der Waals surface area contributed by atoms with Crippen LogP contribution in [0.15, 0.2) is 23.6 Å². The Labute approximate surface area is 226 Å². The van der Waals surface area contributed by atoms with Crippen LogP contribution >= 0.6 is 11.3 Å². The minimum absolute atomic E-state index is 0.00563. The third-order valence-electron chi connectivity index (χ3n) is 8.29. The number of ether oxygens (including phenoxy) is 3. The first-order chi connectivity index (χ1) is 18.0. The molecule has 9 nitrogen and oxygen atoms in total. The SMILES string of the molecule is CCOC(=O)c1c(-c2ccc(OC)c(OC)c2)csc1NC(=O)CCN1C(=O)C2CCC(C)(C1=O)C2(C)C. The maximum atomic E-state index is 13.3. The molecule has 204 valence electrons.